The maximum Gasteiger partial charge on any atom is 0.185 e. The number of ether oxygens (including phenoxy) is 1. The fourth-order valence-electron chi connectivity index (χ4n) is 4.55. The van der Waals surface area contributed by atoms with Crippen LogP contribution in [-0.4, -0.2) is 44.3 Å². The maximum atomic E-state index is 14.2. The van der Waals surface area contributed by atoms with Gasteiger partial charge in [-0.1, -0.05) is 12.1 Å². The molecule has 8 heteroatoms. The first kappa shape index (κ1) is 22.7. The minimum Gasteiger partial charge on any atom is -0.390 e. The first-order chi connectivity index (χ1) is 16.4. The summed E-state index contributed by atoms with van der Waals surface area (Å²) in [4.78, 5) is 21.4. The molecule has 176 valence electrons. The molecule has 0 amide bonds. The molecule has 3 heterocycles. The summed E-state index contributed by atoms with van der Waals surface area (Å²) < 4.78 is 34.6. The predicted octanol–water partition coefficient (Wildman–Crippen LogP) is 3.81. The van der Waals surface area contributed by atoms with Gasteiger partial charge in [0.15, 0.2) is 5.78 Å². The molecule has 1 saturated heterocycles. The van der Waals surface area contributed by atoms with Crippen molar-refractivity contribution in [2.24, 2.45) is 5.92 Å². The van der Waals surface area contributed by atoms with Crippen molar-refractivity contribution in [3.8, 4) is 11.3 Å². The minimum atomic E-state index is -0.929. The second kappa shape index (κ2) is 9.29. The highest BCUT2D eigenvalue weighted by Crippen LogP contribution is 2.43. The summed E-state index contributed by atoms with van der Waals surface area (Å²) in [6.07, 6.45) is 2.44. The molecular formula is C26H24F2N2O4. The Balaban J connectivity index is 1.39. The number of pyridine rings is 2. The number of ketones is 1. The third kappa shape index (κ3) is 4.49. The van der Waals surface area contributed by atoms with Crippen LogP contribution in [0.1, 0.15) is 47.0 Å². The number of hydrogen-bond acceptors (Lipinski definition) is 6. The summed E-state index contributed by atoms with van der Waals surface area (Å²) in [5.41, 5.74) is 1.16. The van der Waals surface area contributed by atoms with Gasteiger partial charge in [-0.25, -0.2) is 13.8 Å². The average molecular weight is 466 g/mol. The van der Waals surface area contributed by atoms with E-state index in [2.05, 4.69) is 9.97 Å². The van der Waals surface area contributed by atoms with Crippen LogP contribution < -0.4 is 0 Å². The molecule has 2 N–H and O–H groups in total. The van der Waals surface area contributed by atoms with E-state index in [9.17, 15) is 23.8 Å². The van der Waals surface area contributed by atoms with Crippen LogP contribution in [0.15, 0.2) is 54.9 Å². The van der Waals surface area contributed by atoms with Crippen LogP contribution in [0.4, 0.5) is 8.78 Å². The summed E-state index contributed by atoms with van der Waals surface area (Å²) >= 11 is 0. The zero-order valence-electron chi connectivity index (χ0n) is 18.3. The number of halogens is 2. The Labute approximate surface area is 195 Å². The summed E-state index contributed by atoms with van der Waals surface area (Å²) in [6.45, 7) is 0. The van der Waals surface area contributed by atoms with Crippen LogP contribution in [-0.2, 0) is 11.2 Å². The zero-order chi connectivity index (χ0) is 23.8. The number of Topliss-reactive ketones (excluding diaryl/α,β-unsaturated/α-hetero) is 1. The van der Waals surface area contributed by atoms with Crippen LogP contribution in [0.3, 0.4) is 0 Å². The molecule has 5 rings (SSSR count). The number of hydrogen-bond donors (Lipinski definition) is 2. The lowest BCUT2D eigenvalue weighted by Crippen LogP contribution is -2.46. The van der Waals surface area contributed by atoms with Crippen molar-refractivity contribution in [1.82, 2.24) is 9.97 Å². The third-order valence-corrected chi connectivity index (χ3v) is 6.49. The van der Waals surface area contributed by atoms with Gasteiger partial charge in [0, 0.05) is 25.2 Å². The van der Waals surface area contributed by atoms with Gasteiger partial charge in [-0.3, -0.25) is 9.78 Å². The van der Waals surface area contributed by atoms with Gasteiger partial charge in [-0.15, -0.1) is 0 Å². The highest BCUT2D eigenvalue weighted by molar-refractivity contribution is 5.96. The van der Waals surface area contributed by atoms with E-state index in [4.69, 9.17) is 4.74 Å². The van der Waals surface area contributed by atoms with Crippen molar-refractivity contribution < 1.29 is 28.5 Å². The number of aliphatic hydroxyl groups is 2. The SMILES string of the molecule is O=C(Cc1cnccc1[C@@H]1C[C@H](O)[C@@H](O)[C@H](C2CC2)O1)c1cccc(-c2c(F)cccc2F)n1. The van der Waals surface area contributed by atoms with Crippen molar-refractivity contribution >= 4 is 5.78 Å². The Bertz CT molecular complexity index is 1200. The molecule has 0 unspecified atom stereocenters. The molecule has 4 atom stereocenters. The van der Waals surface area contributed by atoms with Crippen molar-refractivity contribution in [2.45, 2.75) is 50.1 Å². The molecule has 0 bridgehead atoms. The molecule has 6 nitrogen and oxygen atoms in total. The molecule has 0 spiro atoms. The molecule has 0 radical (unpaired) electrons. The van der Waals surface area contributed by atoms with Crippen molar-refractivity contribution in [3.05, 3.63) is 83.3 Å². The van der Waals surface area contributed by atoms with Crippen LogP contribution in [0.5, 0.6) is 0 Å². The Morgan fingerprint density at radius 2 is 1.79 bits per heavy atom. The zero-order valence-corrected chi connectivity index (χ0v) is 18.3. The second-order valence-corrected chi connectivity index (χ2v) is 8.90. The van der Waals surface area contributed by atoms with Gasteiger partial charge in [0.1, 0.15) is 23.4 Å². The van der Waals surface area contributed by atoms with Crippen LogP contribution >= 0.6 is 0 Å². The lowest BCUT2D eigenvalue weighted by atomic mass is 9.89. The number of carbonyl (C=O) groups is 1. The number of rotatable bonds is 6. The highest BCUT2D eigenvalue weighted by atomic mass is 19.1. The van der Waals surface area contributed by atoms with E-state index in [0.29, 0.717) is 5.56 Å². The maximum absolute atomic E-state index is 14.2. The molecule has 1 aliphatic heterocycles. The van der Waals surface area contributed by atoms with Crippen molar-refractivity contribution in [2.75, 3.05) is 0 Å². The molecule has 2 aromatic heterocycles. The fourth-order valence-corrected chi connectivity index (χ4v) is 4.55. The topological polar surface area (TPSA) is 92.5 Å². The number of nitrogens with zero attached hydrogens (tertiary/aromatic N) is 2. The van der Waals surface area contributed by atoms with Crippen LogP contribution in [0.25, 0.3) is 11.3 Å². The van der Waals surface area contributed by atoms with Gasteiger partial charge in [-0.2, -0.15) is 0 Å². The summed E-state index contributed by atoms with van der Waals surface area (Å²) in [7, 11) is 0. The molecule has 2 fully saturated rings. The smallest absolute Gasteiger partial charge is 0.185 e. The van der Waals surface area contributed by atoms with E-state index in [1.807, 2.05) is 0 Å². The molecule has 1 aromatic carbocycles. The van der Waals surface area contributed by atoms with Crippen molar-refractivity contribution in [1.29, 1.82) is 0 Å². The standard InChI is InChI=1S/C26H24F2N2O4/c27-17-3-1-4-18(28)24(17)20-6-2-5-19(30-20)21(31)11-15-13-29-10-9-16(15)23-12-22(32)25(33)26(34-23)14-7-8-14/h1-6,9-10,13-14,22-23,25-26,32-33H,7-8,11-12H2/t22-,23-,25+,26-/m0/s1. The molecule has 1 saturated carbocycles. The third-order valence-electron chi connectivity index (χ3n) is 6.49. The number of benzene rings is 1. The number of aromatic nitrogens is 2. The Morgan fingerprint density at radius 1 is 1.06 bits per heavy atom. The molecular weight excluding hydrogens is 442 g/mol. The first-order valence-electron chi connectivity index (χ1n) is 11.3. The Kier molecular flexibility index (Phi) is 6.20. The van der Waals surface area contributed by atoms with Gasteiger partial charge >= 0.3 is 0 Å². The van der Waals surface area contributed by atoms with E-state index >= 15 is 0 Å². The van der Waals surface area contributed by atoms with Crippen molar-refractivity contribution in [3.63, 3.8) is 0 Å². The Hall–Kier alpha value is -3.07. The van der Waals surface area contributed by atoms with E-state index in [1.165, 1.54) is 24.3 Å². The predicted molar refractivity (Wildman–Crippen MR) is 119 cm³/mol. The lowest BCUT2D eigenvalue weighted by molar-refractivity contribution is -0.177. The van der Waals surface area contributed by atoms with E-state index < -0.39 is 36.1 Å². The number of aliphatic hydroxyl groups excluding tert-OH is 2. The monoisotopic (exact) mass is 466 g/mol. The number of carbonyl (C=O) groups excluding carboxylic acids is 1. The first-order valence-corrected chi connectivity index (χ1v) is 11.3. The van der Waals surface area contributed by atoms with E-state index in [0.717, 1.165) is 30.5 Å². The molecule has 1 aliphatic carbocycles. The molecule has 3 aromatic rings. The summed E-state index contributed by atoms with van der Waals surface area (Å²) in [5.74, 6) is -1.63. The largest absolute Gasteiger partial charge is 0.390 e. The van der Waals surface area contributed by atoms with Gasteiger partial charge in [0.2, 0.25) is 0 Å². The van der Waals surface area contributed by atoms with Crippen LogP contribution in [0, 0.1) is 17.6 Å². The summed E-state index contributed by atoms with van der Waals surface area (Å²) in [6, 6.07) is 9.79. The second-order valence-electron chi connectivity index (χ2n) is 8.90. The quantitative estimate of drug-likeness (QED) is 0.537. The van der Waals surface area contributed by atoms with Gasteiger partial charge < -0.3 is 14.9 Å². The highest BCUT2D eigenvalue weighted by Gasteiger charge is 2.45. The molecule has 34 heavy (non-hydrogen) atoms. The minimum absolute atomic E-state index is 0.0351. The van der Waals surface area contributed by atoms with Crippen LogP contribution in [0.2, 0.25) is 0 Å². The summed E-state index contributed by atoms with van der Waals surface area (Å²) in [5, 5.41) is 20.7. The van der Waals surface area contributed by atoms with Gasteiger partial charge in [0.25, 0.3) is 0 Å². The fraction of sp³-hybridized carbons (Fsp3) is 0.346. The van der Waals surface area contributed by atoms with Gasteiger partial charge in [0.05, 0.1) is 29.6 Å². The van der Waals surface area contributed by atoms with Gasteiger partial charge in [-0.05, 0) is 60.2 Å². The van der Waals surface area contributed by atoms with E-state index in [-0.39, 0.29) is 41.5 Å². The lowest BCUT2D eigenvalue weighted by Gasteiger charge is -2.38. The van der Waals surface area contributed by atoms with E-state index in [1.54, 1.807) is 18.5 Å². The Morgan fingerprint density at radius 3 is 2.53 bits per heavy atom. The normalized spacial score (nSPS) is 24.7. The average Bonchev–Trinajstić information content (AvgIpc) is 3.67. The molecule has 2 aliphatic rings.